The molecule has 2 bridgehead atoms. The fourth-order valence-electron chi connectivity index (χ4n) is 7.71. The van der Waals surface area contributed by atoms with E-state index in [1.54, 1.807) is 16.7 Å². The molecule has 3 heterocycles. The van der Waals surface area contributed by atoms with Crippen LogP contribution in [0, 0.1) is 23.2 Å². The van der Waals surface area contributed by atoms with Crippen LogP contribution in [0.15, 0.2) is 46.2 Å². The number of aromatic nitrogens is 2. The number of β-amino-alcohol motifs (C(OH)–C–C–N with tert-alkyl or cyclic N) is 2. The number of aliphatic hydroxyl groups excluding tert-OH is 2. The summed E-state index contributed by atoms with van der Waals surface area (Å²) < 4.78 is 1.68. The molecule has 3 saturated carbocycles. The zero-order chi connectivity index (χ0) is 30.9. The van der Waals surface area contributed by atoms with Crippen LogP contribution in [-0.2, 0) is 13.0 Å². The molecule has 4 atom stereocenters. The zero-order valence-electron chi connectivity index (χ0n) is 25.4. The van der Waals surface area contributed by atoms with Crippen LogP contribution in [0.2, 0.25) is 10.0 Å². The summed E-state index contributed by atoms with van der Waals surface area (Å²) in [4.78, 5) is 28.1. The van der Waals surface area contributed by atoms with E-state index >= 15 is 0 Å². The van der Waals surface area contributed by atoms with E-state index in [0.717, 1.165) is 23.6 Å². The Morgan fingerprint density at radius 3 is 2.48 bits per heavy atom. The van der Waals surface area contributed by atoms with Gasteiger partial charge in [-0.05, 0) is 78.3 Å². The Morgan fingerprint density at radius 2 is 1.82 bits per heavy atom. The number of aryl methyl sites for hydroxylation is 1. The molecule has 1 aromatic heterocycles. The standard InChI is InChI=1S/C33H40Cl2N6O3/c1-18-26-10-20(33(26,2)3)11-28(18)37-31(39-14-23(42)15-39)36-22-6-7-25-29(13-22)38-32(40-16-24(43)17-40)41(30(25)44)9-8-19-4-5-21(34)12-27(19)35/h4-7,12-13,18,20,23-24,26,28,42-43H,8-11,14-17H2,1-3H3,(H,36,37)/t18-,20-,26+,28?/m0/s1. The normalized spacial score (nSPS) is 26.8. The quantitative estimate of drug-likeness (QED) is 0.267. The number of hydrogen-bond acceptors (Lipinski definition) is 6. The number of aliphatic imine (C=N–C) groups is 1. The van der Waals surface area contributed by atoms with Gasteiger partial charge in [0.2, 0.25) is 5.95 Å². The molecule has 5 fully saturated rings. The highest BCUT2D eigenvalue weighted by Gasteiger charge is 2.56. The van der Waals surface area contributed by atoms with Gasteiger partial charge in [0.15, 0.2) is 5.96 Å². The van der Waals surface area contributed by atoms with Gasteiger partial charge in [0.05, 0.1) is 29.2 Å². The third-order valence-electron chi connectivity index (χ3n) is 10.7. The van der Waals surface area contributed by atoms with E-state index in [4.69, 9.17) is 33.2 Å². The molecule has 0 radical (unpaired) electrons. The fourth-order valence-corrected chi connectivity index (χ4v) is 8.21. The first kappa shape index (κ1) is 29.8. The SMILES string of the molecule is C[C@@H]1C(/N=C(/Nc2ccc3c(=O)n(CCc4ccc(Cl)cc4Cl)c(N4CC(O)C4)nc3c2)N2CC(O)C2)C[C@@H]2C[C@H]1C2(C)C. The van der Waals surface area contributed by atoms with Gasteiger partial charge in [0.25, 0.3) is 5.56 Å². The number of likely N-dealkylation sites (tertiary alicyclic amines) is 1. The summed E-state index contributed by atoms with van der Waals surface area (Å²) in [6.45, 7) is 9.43. The monoisotopic (exact) mass is 638 g/mol. The number of fused-ring (bicyclic) bond motifs is 3. The van der Waals surface area contributed by atoms with Crippen molar-refractivity contribution in [1.82, 2.24) is 14.5 Å². The van der Waals surface area contributed by atoms with Crippen molar-refractivity contribution in [3.8, 4) is 0 Å². The van der Waals surface area contributed by atoms with Crippen molar-refractivity contribution in [2.24, 2.45) is 28.2 Å². The van der Waals surface area contributed by atoms with Gasteiger partial charge in [-0.2, -0.15) is 0 Å². The lowest BCUT2D eigenvalue weighted by molar-refractivity contribution is -0.108. The van der Waals surface area contributed by atoms with Gasteiger partial charge in [-0.25, -0.2) is 9.98 Å². The molecular formula is C33H40Cl2N6O3. The average molecular weight is 640 g/mol. The van der Waals surface area contributed by atoms with Gasteiger partial charge in [0, 0.05) is 48.5 Å². The second-order valence-corrected chi connectivity index (χ2v) is 14.6. The van der Waals surface area contributed by atoms with E-state index < -0.39 is 6.10 Å². The lowest BCUT2D eigenvalue weighted by atomic mass is 9.45. The van der Waals surface area contributed by atoms with E-state index in [1.807, 2.05) is 29.2 Å². The van der Waals surface area contributed by atoms with E-state index in [9.17, 15) is 15.0 Å². The summed E-state index contributed by atoms with van der Waals surface area (Å²) in [5.74, 6) is 3.17. The highest BCUT2D eigenvalue weighted by atomic mass is 35.5. The summed E-state index contributed by atoms with van der Waals surface area (Å²) >= 11 is 12.5. The highest BCUT2D eigenvalue weighted by molar-refractivity contribution is 6.35. The molecule has 3 aromatic rings. The van der Waals surface area contributed by atoms with Crippen LogP contribution in [0.1, 0.15) is 39.2 Å². The van der Waals surface area contributed by atoms with Gasteiger partial charge in [-0.3, -0.25) is 9.36 Å². The van der Waals surface area contributed by atoms with Gasteiger partial charge in [-0.15, -0.1) is 0 Å². The van der Waals surface area contributed by atoms with Crippen molar-refractivity contribution in [1.29, 1.82) is 0 Å². The molecule has 5 aliphatic rings. The molecule has 0 amide bonds. The van der Waals surface area contributed by atoms with E-state index in [-0.39, 0.29) is 17.7 Å². The lowest BCUT2D eigenvalue weighted by Crippen LogP contribution is -2.58. The number of nitrogens with zero attached hydrogens (tertiary/aromatic N) is 5. The van der Waals surface area contributed by atoms with Crippen LogP contribution >= 0.6 is 23.2 Å². The first-order valence-corrected chi connectivity index (χ1v) is 16.4. The molecule has 44 heavy (non-hydrogen) atoms. The Labute approximate surface area is 267 Å². The van der Waals surface area contributed by atoms with Gasteiger partial charge < -0.3 is 25.3 Å². The topological polar surface area (TPSA) is 106 Å². The molecule has 2 aliphatic heterocycles. The van der Waals surface area contributed by atoms with Crippen LogP contribution in [0.5, 0.6) is 0 Å². The number of aliphatic hydroxyl groups is 2. The van der Waals surface area contributed by atoms with Crippen molar-refractivity contribution < 1.29 is 10.2 Å². The number of benzene rings is 2. The van der Waals surface area contributed by atoms with Gasteiger partial charge in [-0.1, -0.05) is 50.0 Å². The molecule has 3 aliphatic carbocycles. The van der Waals surface area contributed by atoms with E-state index in [1.165, 1.54) is 6.42 Å². The highest BCUT2D eigenvalue weighted by Crippen LogP contribution is 2.61. The number of nitrogens with one attached hydrogen (secondary N) is 1. The van der Waals surface area contributed by atoms with E-state index in [0.29, 0.717) is 89.2 Å². The number of halogens is 2. The Balaban J connectivity index is 1.19. The third-order valence-corrected chi connectivity index (χ3v) is 11.3. The predicted octanol–water partition coefficient (Wildman–Crippen LogP) is 4.64. The molecule has 3 N–H and O–H groups in total. The summed E-state index contributed by atoms with van der Waals surface area (Å²) in [6, 6.07) is 11.2. The zero-order valence-corrected chi connectivity index (χ0v) is 26.9. The number of guanidine groups is 1. The molecule has 8 rings (SSSR count). The van der Waals surface area contributed by atoms with Crippen molar-refractivity contribution in [2.45, 2.75) is 64.8 Å². The lowest BCUT2D eigenvalue weighted by Gasteiger charge is -2.61. The maximum absolute atomic E-state index is 13.9. The van der Waals surface area contributed by atoms with Crippen molar-refractivity contribution >= 4 is 51.7 Å². The molecule has 9 nitrogen and oxygen atoms in total. The molecule has 2 saturated heterocycles. The fraction of sp³-hybridized carbons (Fsp3) is 0.545. The van der Waals surface area contributed by atoms with Crippen LogP contribution in [0.25, 0.3) is 10.9 Å². The minimum Gasteiger partial charge on any atom is -0.389 e. The molecule has 11 heteroatoms. The maximum atomic E-state index is 13.9. The summed E-state index contributed by atoms with van der Waals surface area (Å²) in [7, 11) is 0. The predicted molar refractivity (Wildman–Crippen MR) is 176 cm³/mol. The Kier molecular flexibility index (Phi) is 7.59. The molecule has 2 aromatic carbocycles. The summed E-state index contributed by atoms with van der Waals surface area (Å²) in [5, 5.41) is 25.3. The smallest absolute Gasteiger partial charge is 0.262 e. The summed E-state index contributed by atoms with van der Waals surface area (Å²) in [5.41, 5.74) is 2.51. The van der Waals surface area contributed by atoms with Crippen molar-refractivity contribution in [3.05, 3.63) is 62.4 Å². The first-order valence-electron chi connectivity index (χ1n) is 15.7. The largest absolute Gasteiger partial charge is 0.389 e. The van der Waals surface area contributed by atoms with Crippen molar-refractivity contribution in [3.63, 3.8) is 0 Å². The number of anilines is 2. The maximum Gasteiger partial charge on any atom is 0.262 e. The molecule has 1 unspecified atom stereocenters. The minimum atomic E-state index is -0.445. The van der Waals surface area contributed by atoms with Crippen LogP contribution in [0.4, 0.5) is 11.6 Å². The average Bonchev–Trinajstić information content (AvgIpc) is 2.94. The van der Waals surface area contributed by atoms with Crippen LogP contribution < -0.4 is 15.8 Å². The number of rotatable bonds is 6. The van der Waals surface area contributed by atoms with Crippen LogP contribution in [0.3, 0.4) is 0 Å². The Bertz CT molecular complexity index is 1680. The van der Waals surface area contributed by atoms with Crippen LogP contribution in [-0.4, -0.2) is 75.1 Å². The molecule has 234 valence electrons. The second-order valence-electron chi connectivity index (χ2n) is 13.8. The number of hydrogen-bond donors (Lipinski definition) is 3. The van der Waals surface area contributed by atoms with Crippen molar-refractivity contribution in [2.75, 3.05) is 36.4 Å². The Hall–Kier alpha value is -2.85. The molecule has 0 spiro atoms. The molecular weight excluding hydrogens is 599 g/mol. The van der Waals surface area contributed by atoms with Gasteiger partial charge in [0.1, 0.15) is 0 Å². The van der Waals surface area contributed by atoms with E-state index in [2.05, 4.69) is 31.0 Å². The van der Waals surface area contributed by atoms with Gasteiger partial charge >= 0.3 is 0 Å². The second kappa shape index (κ2) is 11.2. The first-order chi connectivity index (χ1) is 21.0. The third kappa shape index (κ3) is 5.25. The minimum absolute atomic E-state index is 0.138. The summed E-state index contributed by atoms with van der Waals surface area (Å²) in [6.07, 6.45) is 2.11. The Morgan fingerprint density at radius 1 is 1.07 bits per heavy atom.